The van der Waals surface area contributed by atoms with Crippen molar-refractivity contribution < 1.29 is 0 Å². The fourth-order valence-electron chi connectivity index (χ4n) is 0.154. The second-order valence-electron chi connectivity index (χ2n) is 0.902. The molecule has 0 aliphatic rings. The number of hydrogen-bond donors (Lipinski definition) is 0. The molecule has 0 amide bonds. The van der Waals surface area contributed by atoms with Gasteiger partial charge >= 0.3 is 0 Å². The van der Waals surface area contributed by atoms with Crippen LogP contribution in [0.5, 0.6) is 0 Å². The van der Waals surface area contributed by atoms with E-state index in [1.165, 1.54) is 0 Å². The topological polar surface area (TPSA) is 0 Å². The van der Waals surface area contributed by atoms with Gasteiger partial charge in [-0.1, -0.05) is 24.6 Å². The molecule has 0 unspecified atom stereocenters. The Balaban J connectivity index is 3.14. The van der Waals surface area contributed by atoms with Crippen molar-refractivity contribution in [3.05, 3.63) is 10.0 Å². The third-order valence-corrected chi connectivity index (χ3v) is 0.836. The lowest BCUT2D eigenvalue weighted by molar-refractivity contribution is 1.23. The Labute approximate surface area is 51.3 Å². The zero-order valence-corrected chi connectivity index (χ0v) is 5.88. The lowest BCUT2D eigenvalue weighted by Gasteiger charge is -1.74. The van der Waals surface area contributed by atoms with Gasteiger partial charge < -0.3 is 0 Å². The van der Waals surface area contributed by atoms with E-state index >= 15 is 0 Å². The molecule has 0 heterocycles. The third kappa shape index (κ3) is 4.51. The Kier molecular flexibility index (Phi) is 4.01. The van der Waals surface area contributed by atoms with Gasteiger partial charge in [0.05, 0.1) is 3.94 Å². The van der Waals surface area contributed by atoms with Gasteiger partial charge in [0, 0.05) is 0 Å². The summed E-state index contributed by atoms with van der Waals surface area (Å²) in [6, 6.07) is 0. The van der Waals surface area contributed by atoms with Crippen molar-refractivity contribution in [1.82, 2.24) is 0 Å². The van der Waals surface area contributed by atoms with Gasteiger partial charge in [-0.05, 0) is 22.4 Å². The SMILES string of the molecule is CCC=C(Cl)Br. The van der Waals surface area contributed by atoms with Crippen molar-refractivity contribution in [2.45, 2.75) is 13.3 Å². The van der Waals surface area contributed by atoms with E-state index in [2.05, 4.69) is 15.9 Å². The summed E-state index contributed by atoms with van der Waals surface area (Å²) >= 11 is 8.42. The predicted molar refractivity (Wildman–Crippen MR) is 33.2 cm³/mol. The highest BCUT2D eigenvalue weighted by Gasteiger charge is 1.73. The molecule has 6 heavy (non-hydrogen) atoms. The lowest BCUT2D eigenvalue weighted by Crippen LogP contribution is -1.49. The molecule has 0 saturated heterocycles. The third-order valence-electron chi connectivity index (χ3n) is 0.358. The summed E-state index contributed by atoms with van der Waals surface area (Å²) < 4.78 is 0.699. The van der Waals surface area contributed by atoms with Crippen molar-refractivity contribution in [3.8, 4) is 0 Å². The van der Waals surface area contributed by atoms with E-state index in [9.17, 15) is 0 Å². The number of rotatable bonds is 1. The normalized spacial score (nSPS) is 12.2. The average Bonchev–Trinajstić information content (AvgIpc) is 1.35. The second kappa shape index (κ2) is 3.69. The van der Waals surface area contributed by atoms with Crippen LogP contribution < -0.4 is 0 Å². The minimum absolute atomic E-state index is 0.699. The van der Waals surface area contributed by atoms with Crippen LogP contribution in [0.15, 0.2) is 10.0 Å². The van der Waals surface area contributed by atoms with Crippen molar-refractivity contribution in [2.75, 3.05) is 0 Å². The molecule has 0 atom stereocenters. The van der Waals surface area contributed by atoms with Crippen molar-refractivity contribution in [2.24, 2.45) is 0 Å². The molecule has 0 spiro atoms. The minimum atomic E-state index is 0.699. The van der Waals surface area contributed by atoms with Crippen LogP contribution in [0.1, 0.15) is 13.3 Å². The van der Waals surface area contributed by atoms with Gasteiger partial charge in [-0.25, -0.2) is 0 Å². The fourth-order valence-corrected chi connectivity index (χ4v) is 0.632. The van der Waals surface area contributed by atoms with Gasteiger partial charge in [0.1, 0.15) is 0 Å². The van der Waals surface area contributed by atoms with E-state index in [-0.39, 0.29) is 0 Å². The smallest absolute Gasteiger partial charge is 0.0765 e. The highest BCUT2D eigenvalue weighted by atomic mass is 79.9. The summed E-state index contributed by atoms with van der Waals surface area (Å²) in [5, 5.41) is 0. The van der Waals surface area contributed by atoms with Gasteiger partial charge in [-0.15, -0.1) is 0 Å². The second-order valence-corrected chi connectivity index (χ2v) is 2.62. The van der Waals surface area contributed by atoms with Gasteiger partial charge in [-0.3, -0.25) is 0 Å². The molecule has 0 fully saturated rings. The van der Waals surface area contributed by atoms with Gasteiger partial charge in [0.25, 0.3) is 0 Å². The van der Waals surface area contributed by atoms with E-state index in [1.807, 2.05) is 13.0 Å². The molecular formula is C4H6BrCl. The molecule has 36 valence electrons. The maximum Gasteiger partial charge on any atom is 0.0794 e. The van der Waals surface area contributed by atoms with Crippen LogP contribution in [0.2, 0.25) is 0 Å². The van der Waals surface area contributed by atoms with Crippen LogP contribution in [0.25, 0.3) is 0 Å². The summed E-state index contributed by atoms with van der Waals surface area (Å²) in [6.07, 6.45) is 2.88. The van der Waals surface area contributed by atoms with Crippen LogP contribution >= 0.6 is 27.5 Å². The largest absolute Gasteiger partial charge is 0.0794 e. The average molecular weight is 169 g/mol. The molecule has 0 aromatic heterocycles. The molecular weight excluding hydrogens is 163 g/mol. The minimum Gasteiger partial charge on any atom is -0.0765 e. The number of halogens is 2. The standard InChI is InChI=1S/C4H6BrCl/c1-2-3-4(5)6/h3H,2H2,1H3. The highest BCUT2D eigenvalue weighted by Crippen LogP contribution is 2.09. The van der Waals surface area contributed by atoms with Gasteiger partial charge in [-0.2, -0.15) is 0 Å². The quantitative estimate of drug-likeness (QED) is 0.566. The summed E-state index contributed by atoms with van der Waals surface area (Å²) in [5.41, 5.74) is 0. The number of hydrogen-bond acceptors (Lipinski definition) is 0. The van der Waals surface area contributed by atoms with Crippen LogP contribution in [0.4, 0.5) is 0 Å². The van der Waals surface area contributed by atoms with Crippen LogP contribution in [-0.4, -0.2) is 0 Å². The molecule has 0 rings (SSSR count). The molecule has 0 radical (unpaired) electrons. The summed E-state index contributed by atoms with van der Waals surface area (Å²) in [4.78, 5) is 0. The van der Waals surface area contributed by atoms with Crippen molar-refractivity contribution in [1.29, 1.82) is 0 Å². The molecule has 0 aliphatic carbocycles. The first-order valence-electron chi connectivity index (χ1n) is 1.78. The van der Waals surface area contributed by atoms with E-state index in [1.54, 1.807) is 0 Å². The fraction of sp³-hybridized carbons (Fsp3) is 0.500. The van der Waals surface area contributed by atoms with Gasteiger partial charge in [0.2, 0.25) is 0 Å². The van der Waals surface area contributed by atoms with Crippen molar-refractivity contribution >= 4 is 27.5 Å². The highest BCUT2D eigenvalue weighted by molar-refractivity contribution is 9.12. The van der Waals surface area contributed by atoms with E-state index in [0.717, 1.165) is 6.42 Å². The maximum atomic E-state index is 5.36. The van der Waals surface area contributed by atoms with E-state index < -0.39 is 0 Å². The van der Waals surface area contributed by atoms with Crippen LogP contribution in [-0.2, 0) is 0 Å². The Morgan fingerprint density at radius 1 is 2.00 bits per heavy atom. The Bertz CT molecular complexity index is 54.6. The van der Waals surface area contributed by atoms with Crippen LogP contribution in [0.3, 0.4) is 0 Å². The Hall–Kier alpha value is 0.510. The maximum absolute atomic E-state index is 5.36. The zero-order valence-electron chi connectivity index (χ0n) is 3.54. The molecule has 2 heteroatoms. The van der Waals surface area contributed by atoms with E-state index in [4.69, 9.17) is 11.6 Å². The molecule has 0 aliphatic heterocycles. The molecule has 0 bridgehead atoms. The molecule has 0 aromatic carbocycles. The van der Waals surface area contributed by atoms with Gasteiger partial charge in [0.15, 0.2) is 0 Å². The molecule has 0 nitrogen and oxygen atoms in total. The summed E-state index contributed by atoms with van der Waals surface area (Å²) in [5.74, 6) is 0. The molecule has 0 aromatic rings. The molecule has 0 saturated carbocycles. The lowest BCUT2D eigenvalue weighted by atomic mass is 10.5. The predicted octanol–water partition coefficient (Wildman–Crippen LogP) is 2.87. The number of allylic oxidation sites excluding steroid dienone is 1. The monoisotopic (exact) mass is 168 g/mol. The summed E-state index contributed by atoms with van der Waals surface area (Å²) in [7, 11) is 0. The Morgan fingerprint density at radius 2 is 2.50 bits per heavy atom. The Morgan fingerprint density at radius 3 is 2.50 bits per heavy atom. The first kappa shape index (κ1) is 6.51. The zero-order chi connectivity index (χ0) is 4.99. The van der Waals surface area contributed by atoms with Crippen LogP contribution in [0, 0.1) is 0 Å². The van der Waals surface area contributed by atoms with Crippen molar-refractivity contribution in [3.63, 3.8) is 0 Å². The van der Waals surface area contributed by atoms with E-state index in [0.29, 0.717) is 3.94 Å². The first-order chi connectivity index (χ1) is 2.77. The molecule has 0 N–H and O–H groups in total. The summed E-state index contributed by atoms with van der Waals surface area (Å²) in [6.45, 7) is 2.03. The first-order valence-corrected chi connectivity index (χ1v) is 2.95.